The van der Waals surface area contributed by atoms with E-state index in [4.69, 9.17) is 9.47 Å². The fourth-order valence-corrected chi connectivity index (χ4v) is 2.26. The van der Waals surface area contributed by atoms with E-state index < -0.39 is 11.8 Å². The molecule has 0 unspecified atom stereocenters. The fraction of sp³-hybridized carbons (Fsp3) is 0.692. The van der Waals surface area contributed by atoms with Gasteiger partial charge in [0.2, 0.25) is 11.7 Å². The molecule has 1 fully saturated rings. The fourth-order valence-electron chi connectivity index (χ4n) is 2.26. The van der Waals surface area contributed by atoms with Gasteiger partial charge in [0.1, 0.15) is 5.76 Å². The predicted molar refractivity (Wildman–Crippen MR) is 64.4 cm³/mol. The summed E-state index contributed by atoms with van der Waals surface area (Å²) < 4.78 is 10.4. The number of esters is 1. The molecule has 1 amide bonds. The Bertz CT molecular complexity index is 380. The molecule has 100 valence electrons. The van der Waals surface area contributed by atoms with Gasteiger partial charge in [-0.2, -0.15) is 0 Å². The number of ether oxygens (including phenoxy) is 2. The van der Waals surface area contributed by atoms with E-state index in [1.807, 2.05) is 4.90 Å². The van der Waals surface area contributed by atoms with Crippen molar-refractivity contribution in [1.82, 2.24) is 4.90 Å². The zero-order valence-electron chi connectivity index (χ0n) is 10.9. The molecular formula is C13H19NO4. The number of hydrogen-bond acceptors (Lipinski definition) is 4. The van der Waals surface area contributed by atoms with Crippen LogP contribution in [0.1, 0.15) is 39.5 Å². The normalized spacial score (nSPS) is 22.9. The molecule has 1 saturated heterocycles. The average Bonchev–Trinajstić information content (AvgIpc) is 2.27. The summed E-state index contributed by atoms with van der Waals surface area (Å²) in [5.74, 6) is -1.02. The topological polar surface area (TPSA) is 55.8 Å². The molecule has 2 rings (SSSR count). The summed E-state index contributed by atoms with van der Waals surface area (Å²) in [5.41, 5.74) is 0. The predicted octanol–water partition coefficient (Wildman–Crippen LogP) is 1.58. The lowest BCUT2D eigenvalue weighted by molar-refractivity contribution is -0.206. The summed E-state index contributed by atoms with van der Waals surface area (Å²) >= 11 is 0. The number of piperidine rings is 1. The Morgan fingerprint density at radius 3 is 2.56 bits per heavy atom. The molecule has 0 radical (unpaired) electrons. The van der Waals surface area contributed by atoms with Crippen LogP contribution in [0.2, 0.25) is 0 Å². The highest BCUT2D eigenvalue weighted by Crippen LogP contribution is 2.24. The minimum Gasteiger partial charge on any atom is -0.456 e. The lowest BCUT2D eigenvalue weighted by Crippen LogP contribution is -2.38. The Balaban J connectivity index is 1.96. The molecule has 0 N–H and O–H groups in total. The number of amides is 1. The zero-order valence-corrected chi connectivity index (χ0v) is 10.9. The van der Waals surface area contributed by atoms with Crippen LogP contribution in [-0.2, 0) is 19.1 Å². The lowest BCUT2D eigenvalue weighted by Gasteiger charge is -2.32. The second kappa shape index (κ2) is 5.00. The van der Waals surface area contributed by atoms with Crippen molar-refractivity contribution in [2.45, 2.75) is 45.3 Å². The summed E-state index contributed by atoms with van der Waals surface area (Å²) in [6, 6.07) is 0. The van der Waals surface area contributed by atoms with E-state index >= 15 is 0 Å². The first kappa shape index (κ1) is 12.9. The number of carbonyl (C=O) groups excluding carboxylic acids is 2. The summed E-state index contributed by atoms with van der Waals surface area (Å²) in [6.45, 7) is 4.92. The van der Waals surface area contributed by atoms with Crippen molar-refractivity contribution in [2.75, 3.05) is 13.1 Å². The van der Waals surface area contributed by atoms with E-state index in [9.17, 15) is 9.59 Å². The largest absolute Gasteiger partial charge is 0.456 e. The van der Waals surface area contributed by atoms with Crippen LogP contribution in [0.3, 0.4) is 0 Å². The second-order valence-corrected chi connectivity index (χ2v) is 5.15. The van der Waals surface area contributed by atoms with E-state index in [0.29, 0.717) is 5.76 Å². The van der Waals surface area contributed by atoms with Gasteiger partial charge in [0.25, 0.3) is 0 Å². The summed E-state index contributed by atoms with van der Waals surface area (Å²) in [7, 11) is 0. The third-order valence-electron chi connectivity index (χ3n) is 3.04. The molecule has 0 aromatic rings. The third-order valence-corrected chi connectivity index (χ3v) is 3.04. The van der Waals surface area contributed by atoms with Gasteiger partial charge in [0.05, 0.1) is 12.5 Å². The van der Waals surface area contributed by atoms with E-state index in [-0.39, 0.29) is 12.3 Å². The van der Waals surface area contributed by atoms with Gasteiger partial charge in [-0.3, -0.25) is 4.79 Å². The maximum atomic E-state index is 12.0. The van der Waals surface area contributed by atoms with Gasteiger partial charge in [-0.1, -0.05) is 0 Å². The average molecular weight is 253 g/mol. The van der Waals surface area contributed by atoms with Crippen molar-refractivity contribution in [3.63, 3.8) is 0 Å². The number of nitrogens with zero attached hydrogens (tertiary/aromatic N) is 1. The van der Waals surface area contributed by atoms with E-state index in [0.717, 1.165) is 25.9 Å². The molecule has 0 saturated carbocycles. The Kier molecular flexibility index (Phi) is 3.59. The maximum Gasteiger partial charge on any atom is 0.337 e. The quantitative estimate of drug-likeness (QED) is 0.701. The third kappa shape index (κ3) is 3.24. The molecule has 2 aliphatic rings. The molecule has 5 heteroatoms. The van der Waals surface area contributed by atoms with Crippen LogP contribution in [0.5, 0.6) is 0 Å². The number of carbonyl (C=O) groups is 2. The van der Waals surface area contributed by atoms with Crippen molar-refractivity contribution in [3.8, 4) is 0 Å². The van der Waals surface area contributed by atoms with Gasteiger partial charge >= 0.3 is 5.97 Å². The molecule has 18 heavy (non-hydrogen) atoms. The highest BCUT2D eigenvalue weighted by atomic mass is 16.7. The second-order valence-electron chi connectivity index (χ2n) is 5.15. The van der Waals surface area contributed by atoms with Crippen molar-refractivity contribution in [2.24, 2.45) is 0 Å². The molecule has 5 nitrogen and oxygen atoms in total. The van der Waals surface area contributed by atoms with Crippen molar-refractivity contribution < 1.29 is 19.1 Å². The van der Waals surface area contributed by atoms with Gasteiger partial charge in [-0.05, 0) is 19.3 Å². The van der Waals surface area contributed by atoms with Crippen LogP contribution in [-0.4, -0.2) is 35.7 Å². The number of rotatable bonds is 2. The van der Waals surface area contributed by atoms with E-state index in [1.165, 1.54) is 12.5 Å². The molecule has 0 aromatic heterocycles. The SMILES string of the molecule is CC1(C)OC(=O)C=C(CC(=O)N2CCCCC2)O1. The molecular weight excluding hydrogens is 234 g/mol. The first-order valence-electron chi connectivity index (χ1n) is 6.37. The summed E-state index contributed by atoms with van der Waals surface area (Å²) in [6.07, 6.45) is 4.69. The number of hydrogen-bond donors (Lipinski definition) is 0. The van der Waals surface area contributed by atoms with Gasteiger partial charge in [0, 0.05) is 26.9 Å². The van der Waals surface area contributed by atoms with E-state index in [1.54, 1.807) is 13.8 Å². The molecule has 2 heterocycles. The molecule has 0 atom stereocenters. The minimum absolute atomic E-state index is 0.0199. The first-order chi connectivity index (χ1) is 8.46. The summed E-state index contributed by atoms with van der Waals surface area (Å²) in [4.78, 5) is 25.2. The van der Waals surface area contributed by atoms with Crippen LogP contribution in [0.4, 0.5) is 0 Å². The van der Waals surface area contributed by atoms with Crippen LogP contribution < -0.4 is 0 Å². The molecule has 0 spiro atoms. The highest BCUT2D eigenvalue weighted by molar-refractivity contribution is 5.86. The Morgan fingerprint density at radius 1 is 1.28 bits per heavy atom. The van der Waals surface area contributed by atoms with Gasteiger partial charge in [0.15, 0.2) is 0 Å². The highest BCUT2D eigenvalue weighted by Gasteiger charge is 2.31. The number of cyclic esters (lactones) is 1. The van der Waals surface area contributed by atoms with Gasteiger partial charge in [-0.15, -0.1) is 0 Å². The van der Waals surface area contributed by atoms with Crippen molar-refractivity contribution in [1.29, 1.82) is 0 Å². The standard InChI is InChI=1S/C13H19NO4/c1-13(2)17-10(9-12(16)18-13)8-11(15)14-6-4-3-5-7-14/h9H,3-8H2,1-2H3. The monoisotopic (exact) mass is 253 g/mol. The van der Waals surface area contributed by atoms with Crippen molar-refractivity contribution >= 4 is 11.9 Å². The molecule has 0 bridgehead atoms. The van der Waals surface area contributed by atoms with Crippen LogP contribution in [0, 0.1) is 0 Å². The van der Waals surface area contributed by atoms with Crippen LogP contribution in [0.25, 0.3) is 0 Å². The molecule has 0 aliphatic carbocycles. The van der Waals surface area contributed by atoms with Gasteiger partial charge < -0.3 is 14.4 Å². The Labute approximate surface area is 107 Å². The number of likely N-dealkylation sites (tertiary alicyclic amines) is 1. The smallest absolute Gasteiger partial charge is 0.337 e. The maximum absolute atomic E-state index is 12.0. The van der Waals surface area contributed by atoms with Crippen LogP contribution >= 0.6 is 0 Å². The van der Waals surface area contributed by atoms with Crippen LogP contribution in [0.15, 0.2) is 11.8 Å². The van der Waals surface area contributed by atoms with E-state index in [2.05, 4.69) is 0 Å². The molecule has 0 aromatic carbocycles. The Morgan fingerprint density at radius 2 is 1.94 bits per heavy atom. The van der Waals surface area contributed by atoms with Crippen molar-refractivity contribution in [3.05, 3.63) is 11.8 Å². The zero-order chi connectivity index (χ0) is 13.2. The molecule has 2 aliphatic heterocycles. The lowest BCUT2D eigenvalue weighted by atomic mass is 10.1. The first-order valence-corrected chi connectivity index (χ1v) is 6.37. The minimum atomic E-state index is -0.983. The summed E-state index contributed by atoms with van der Waals surface area (Å²) in [5, 5.41) is 0. The Hall–Kier alpha value is -1.52. The van der Waals surface area contributed by atoms with Gasteiger partial charge in [-0.25, -0.2) is 4.79 Å².